The molecule has 2 rings (SSSR count). The van der Waals surface area contributed by atoms with Gasteiger partial charge in [-0.25, -0.2) is 0 Å². The Morgan fingerprint density at radius 1 is 1.14 bits per heavy atom. The molecule has 0 saturated carbocycles. The van der Waals surface area contributed by atoms with E-state index in [1.54, 1.807) is 14.2 Å². The first-order chi connectivity index (χ1) is 10.3. The highest BCUT2D eigenvalue weighted by atomic mass is 32.1. The molecule has 0 amide bonds. The van der Waals surface area contributed by atoms with Crippen molar-refractivity contribution in [3.63, 3.8) is 0 Å². The highest BCUT2D eigenvalue weighted by molar-refractivity contribution is 7.13. The number of methoxy groups -OCH3 is 2. The van der Waals surface area contributed by atoms with Crippen molar-refractivity contribution >= 4 is 11.3 Å². The molecule has 7 heteroatoms. The zero-order valence-electron chi connectivity index (χ0n) is 12.4. The molecule has 0 fully saturated rings. The third-order valence-corrected chi connectivity index (χ3v) is 3.52. The van der Waals surface area contributed by atoms with E-state index in [2.05, 4.69) is 22.4 Å². The molecule has 0 saturated heterocycles. The van der Waals surface area contributed by atoms with Crippen LogP contribution in [0.2, 0.25) is 0 Å². The van der Waals surface area contributed by atoms with Gasteiger partial charge in [0.25, 0.3) is 5.19 Å². The number of rotatable bonds is 8. The molecular formula is C14H19N3O3S. The minimum Gasteiger partial charge on any atom is -0.493 e. The van der Waals surface area contributed by atoms with E-state index in [1.807, 2.05) is 18.2 Å². The molecule has 0 aliphatic rings. The summed E-state index contributed by atoms with van der Waals surface area (Å²) in [6.45, 7) is 3.77. The van der Waals surface area contributed by atoms with Crippen molar-refractivity contribution in [2.24, 2.45) is 0 Å². The fourth-order valence-corrected chi connectivity index (χ4v) is 2.39. The van der Waals surface area contributed by atoms with Gasteiger partial charge >= 0.3 is 0 Å². The first-order valence-corrected chi connectivity index (χ1v) is 7.52. The van der Waals surface area contributed by atoms with Crippen LogP contribution in [-0.4, -0.2) is 31.0 Å². The van der Waals surface area contributed by atoms with Crippen LogP contribution in [0.3, 0.4) is 0 Å². The number of aromatic nitrogens is 2. The van der Waals surface area contributed by atoms with Gasteiger partial charge in [0, 0.05) is 6.54 Å². The van der Waals surface area contributed by atoms with Crippen molar-refractivity contribution in [2.75, 3.05) is 20.8 Å². The van der Waals surface area contributed by atoms with E-state index in [9.17, 15) is 0 Å². The number of ether oxygens (including phenoxy) is 3. The number of nitrogens with one attached hydrogen (secondary N) is 1. The fraction of sp³-hybridized carbons (Fsp3) is 0.429. The van der Waals surface area contributed by atoms with Crippen LogP contribution >= 0.6 is 11.3 Å². The third kappa shape index (κ3) is 4.05. The van der Waals surface area contributed by atoms with Crippen molar-refractivity contribution in [3.8, 4) is 22.4 Å². The van der Waals surface area contributed by atoms with E-state index in [1.165, 1.54) is 11.3 Å². The first kappa shape index (κ1) is 15.5. The van der Waals surface area contributed by atoms with Crippen LogP contribution in [0.15, 0.2) is 18.2 Å². The van der Waals surface area contributed by atoms with Gasteiger partial charge < -0.3 is 19.5 Å². The second-order valence-electron chi connectivity index (χ2n) is 4.23. The average Bonchev–Trinajstić information content (AvgIpc) is 2.95. The maximum Gasteiger partial charge on any atom is 0.299 e. The molecule has 0 unspecified atom stereocenters. The fourth-order valence-electron chi connectivity index (χ4n) is 1.73. The smallest absolute Gasteiger partial charge is 0.299 e. The first-order valence-electron chi connectivity index (χ1n) is 6.70. The van der Waals surface area contributed by atoms with Crippen LogP contribution in [0.1, 0.15) is 18.4 Å². The zero-order chi connectivity index (χ0) is 15.1. The van der Waals surface area contributed by atoms with Gasteiger partial charge in [0.15, 0.2) is 11.5 Å². The summed E-state index contributed by atoms with van der Waals surface area (Å²) in [6, 6.07) is 5.45. The van der Waals surface area contributed by atoms with Crippen LogP contribution in [0.5, 0.6) is 22.4 Å². The molecular weight excluding hydrogens is 290 g/mol. The van der Waals surface area contributed by atoms with Crippen LogP contribution in [0, 0.1) is 0 Å². The largest absolute Gasteiger partial charge is 0.493 e. The highest BCUT2D eigenvalue weighted by Crippen LogP contribution is 2.40. The number of para-hydroxylation sites is 1. The zero-order valence-corrected chi connectivity index (χ0v) is 13.2. The van der Waals surface area contributed by atoms with Gasteiger partial charge in [-0.2, -0.15) is 0 Å². The van der Waals surface area contributed by atoms with Crippen molar-refractivity contribution in [1.82, 2.24) is 15.5 Å². The molecule has 2 aromatic rings. The van der Waals surface area contributed by atoms with Crippen LogP contribution < -0.4 is 19.5 Å². The Kier molecular flexibility index (Phi) is 5.77. The molecule has 1 aromatic heterocycles. The molecule has 0 spiro atoms. The monoisotopic (exact) mass is 309 g/mol. The third-order valence-electron chi connectivity index (χ3n) is 2.72. The Bertz CT molecular complexity index is 552. The van der Waals surface area contributed by atoms with Crippen LogP contribution in [-0.2, 0) is 6.54 Å². The van der Waals surface area contributed by atoms with E-state index < -0.39 is 0 Å². The van der Waals surface area contributed by atoms with E-state index in [-0.39, 0.29) is 0 Å². The summed E-state index contributed by atoms with van der Waals surface area (Å²) in [5.74, 6) is 1.69. The van der Waals surface area contributed by atoms with Gasteiger partial charge in [0.1, 0.15) is 5.01 Å². The Labute approximate surface area is 128 Å². The van der Waals surface area contributed by atoms with Crippen molar-refractivity contribution < 1.29 is 14.2 Å². The van der Waals surface area contributed by atoms with E-state index >= 15 is 0 Å². The highest BCUT2D eigenvalue weighted by Gasteiger charge is 2.15. The summed E-state index contributed by atoms with van der Waals surface area (Å²) in [4.78, 5) is 0. The summed E-state index contributed by atoms with van der Waals surface area (Å²) in [5, 5.41) is 12.8. The van der Waals surface area contributed by atoms with Gasteiger partial charge in [-0.1, -0.05) is 29.4 Å². The normalized spacial score (nSPS) is 10.4. The van der Waals surface area contributed by atoms with E-state index in [0.29, 0.717) is 29.0 Å². The molecule has 21 heavy (non-hydrogen) atoms. The molecule has 0 bridgehead atoms. The lowest BCUT2D eigenvalue weighted by Gasteiger charge is -2.11. The van der Waals surface area contributed by atoms with Crippen molar-refractivity contribution in [1.29, 1.82) is 0 Å². The lowest BCUT2D eigenvalue weighted by atomic mass is 10.3. The predicted octanol–water partition coefficient (Wildman–Crippen LogP) is 2.85. The number of benzene rings is 1. The molecule has 0 aliphatic heterocycles. The minimum absolute atomic E-state index is 0.464. The van der Waals surface area contributed by atoms with Gasteiger partial charge in [0.2, 0.25) is 5.75 Å². The van der Waals surface area contributed by atoms with Crippen molar-refractivity contribution in [2.45, 2.75) is 19.9 Å². The van der Waals surface area contributed by atoms with Crippen LogP contribution in [0.4, 0.5) is 0 Å². The predicted molar refractivity (Wildman–Crippen MR) is 81.5 cm³/mol. The lowest BCUT2D eigenvalue weighted by Crippen LogP contribution is -2.13. The quantitative estimate of drug-likeness (QED) is 0.756. The topological polar surface area (TPSA) is 65.5 Å². The molecule has 0 atom stereocenters. The van der Waals surface area contributed by atoms with E-state index in [4.69, 9.17) is 14.2 Å². The second-order valence-corrected chi connectivity index (χ2v) is 5.26. The summed E-state index contributed by atoms with van der Waals surface area (Å²) in [6.07, 6.45) is 1.08. The summed E-state index contributed by atoms with van der Waals surface area (Å²) in [7, 11) is 3.17. The standard InChI is InChI=1S/C14H19N3O3S/c1-4-8-15-9-12-16-17-14(21-12)20-13-10(18-2)6-5-7-11(13)19-3/h5-7,15H,4,8-9H2,1-3H3. The van der Waals surface area contributed by atoms with Crippen molar-refractivity contribution in [3.05, 3.63) is 23.2 Å². The molecule has 114 valence electrons. The Hall–Kier alpha value is -1.86. The van der Waals surface area contributed by atoms with Crippen LogP contribution in [0.25, 0.3) is 0 Å². The SMILES string of the molecule is CCCNCc1nnc(Oc2c(OC)cccc2OC)s1. The molecule has 0 aliphatic carbocycles. The van der Waals surface area contributed by atoms with Gasteiger partial charge in [-0.15, -0.1) is 5.10 Å². The summed E-state index contributed by atoms with van der Waals surface area (Å²) in [5.41, 5.74) is 0. The Balaban J connectivity index is 2.11. The van der Waals surface area contributed by atoms with Gasteiger partial charge in [-0.3, -0.25) is 0 Å². The second kappa shape index (κ2) is 7.80. The number of hydrogen-bond acceptors (Lipinski definition) is 7. The Morgan fingerprint density at radius 3 is 2.48 bits per heavy atom. The van der Waals surface area contributed by atoms with Gasteiger partial charge in [0.05, 0.1) is 14.2 Å². The molecule has 1 heterocycles. The summed E-state index contributed by atoms with van der Waals surface area (Å²) < 4.78 is 16.3. The number of nitrogens with zero attached hydrogens (tertiary/aromatic N) is 2. The maximum absolute atomic E-state index is 5.78. The number of hydrogen-bond donors (Lipinski definition) is 1. The Morgan fingerprint density at radius 2 is 1.86 bits per heavy atom. The molecule has 1 N–H and O–H groups in total. The van der Waals surface area contributed by atoms with E-state index in [0.717, 1.165) is 18.0 Å². The summed E-state index contributed by atoms with van der Waals surface area (Å²) >= 11 is 1.40. The minimum atomic E-state index is 0.464. The maximum atomic E-state index is 5.78. The lowest BCUT2D eigenvalue weighted by molar-refractivity contribution is 0.344. The molecule has 6 nitrogen and oxygen atoms in total. The molecule has 0 radical (unpaired) electrons. The average molecular weight is 309 g/mol. The van der Waals surface area contributed by atoms with Gasteiger partial charge in [-0.05, 0) is 25.1 Å². The molecule has 1 aromatic carbocycles.